The first-order valence-corrected chi connectivity index (χ1v) is 5.92. The molecule has 19 heavy (non-hydrogen) atoms. The zero-order valence-electron chi connectivity index (χ0n) is 10.2. The lowest BCUT2D eigenvalue weighted by atomic mass is 10.1. The molecule has 1 aromatic rings. The van der Waals surface area contributed by atoms with Gasteiger partial charge in [0.05, 0.1) is 22.7 Å². The van der Waals surface area contributed by atoms with E-state index in [1.165, 1.54) is 17.0 Å². The Morgan fingerprint density at radius 1 is 1.37 bits per heavy atom. The number of nitrogens with zero attached hydrogens (tertiary/aromatic N) is 1. The van der Waals surface area contributed by atoms with Gasteiger partial charge in [0.1, 0.15) is 0 Å². The lowest BCUT2D eigenvalue weighted by Crippen LogP contribution is -2.38. The third-order valence-electron chi connectivity index (χ3n) is 2.48. The van der Waals surface area contributed by atoms with Gasteiger partial charge >= 0.3 is 6.18 Å². The van der Waals surface area contributed by atoms with Crippen LogP contribution in [0.25, 0.3) is 0 Å². The molecule has 0 bridgehead atoms. The van der Waals surface area contributed by atoms with Crippen LogP contribution < -0.4 is 5.73 Å². The van der Waals surface area contributed by atoms with Crippen molar-refractivity contribution in [1.82, 2.24) is 4.90 Å². The molecule has 0 aliphatic carbocycles. The summed E-state index contributed by atoms with van der Waals surface area (Å²) >= 11 is 4.68. The Kier molecular flexibility index (Phi) is 4.88. The highest BCUT2D eigenvalue weighted by atomic mass is 32.1. The van der Waals surface area contributed by atoms with Crippen LogP contribution in [0.4, 0.5) is 13.2 Å². The molecule has 104 valence electrons. The summed E-state index contributed by atoms with van der Waals surface area (Å²) in [6.07, 6.45) is -4.57. The number of halogens is 3. The second kappa shape index (κ2) is 6.01. The molecule has 0 aromatic heterocycles. The van der Waals surface area contributed by atoms with Crippen LogP contribution in [0.1, 0.15) is 22.8 Å². The zero-order chi connectivity index (χ0) is 14.6. The fourth-order valence-electron chi connectivity index (χ4n) is 1.60. The number of carbonyl (C=O) groups excluding carboxylic acids is 1. The van der Waals surface area contributed by atoms with Gasteiger partial charge in [0.25, 0.3) is 5.91 Å². The van der Waals surface area contributed by atoms with Gasteiger partial charge in [-0.25, -0.2) is 0 Å². The maximum atomic E-state index is 12.8. The summed E-state index contributed by atoms with van der Waals surface area (Å²) in [4.78, 5) is 13.3. The highest BCUT2D eigenvalue weighted by molar-refractivity contribution is 7.80. The summed E-state index contributed by atoms with van der Waals surface area (Å²) in [6.45, 7) is 1.82. The standard InChI is InChI=1S/C12H13F3N2OS/c1-2-17(7-10(16)19)11(18)8-5-3-4-6-9(8)12(13,14)15/h3-6H,2,7H2,1H3,(H2,16,19). The van der Waals surface area contributed by atoms with E-state index < -0.39 is 23.2 Å². The monoisotopic (exact) mass is 290 g/mol. The van der Waals surface area contributed by atoms with E-state index in [4.69, 9.17) is 5.73 Å². The molecule has 1 amide bonds. The van der Waals surface area contributed by atoms with Gasteiger partial charge in [-0.3, -0.25) is 4.79 Å². The summed E-state index contributed by atoms with van der Waals surface area (Å²) in [7, 11) is 0. The fraction of sp³-hybridized carbons (Fsp3) is 0.333. The van der Waals surface area contributed by atoms with E-state index in [1.54, 1.807) is 6.92 Å². The Labute approximate surface area is 114 Å². The summed E-state index contributed by atoms with van der Waals surface area (Å²) in [5.74, 6) is -0.733. The zero-order valence-corrected chi connectivity index (χ0v) is 11.0. The van der Waals surface area contributed by atoms with E-state index in [2.05, 4.69) is 12.2 Å². The third-order valence-corrected chi connectivity index (χ3v) is 2.61. The number of nitrogens with two attached hydrogens (primary N) is 1. The van der Waals surface area contributed by atoms with Gasteiger partial charge in [0.2, 0.25) is 0 Å². The maximum absolute atomic E-state index is 12.8. The molecule has 0 unspecified atom stereocenters. The second-order valence-corrected chi connectivity index (χ2v) is 4.35. The number of carbonyl (C=O) groups is 1. The Hall–Kier alpha value is -1.63. The lowest BCUT2D eigenvalue weighted by molar-refractivity contribution is -0.138. The van der Waals surface area contributed by atoms with Crippen molar-refractivity contribution in [2.24, 2.45) is 5.73 Å². The van der Waals surface area contributed by atoms with Crippen LogP contribution in [0.15, 0.2) is 24.3 Å². The van der Waals surface area contributed by atoms with Crippen molar-refractivity contribution in [2.45, 2.75) is 13.1 Å². The average molecular weight is 290 g/mol. The SMILES string of the molecule is CCN(CC(N)=S)C(=O)c1ccccc1C(F)(F)F. The van der Waals surface area contributed by atoms with Gasteiger partial charge in [0, 0.05) is 6.54 Å². The highest BCUT2D eigenvalue weighted by Gasteiger charge is 2.35. The van der Waals surface area contributed by atoms with E-state index in [0.29, 0.717) is 0 Å². The first-order chi connectivity index (χ1) is 8.77. The van der Waals surface area contributed by atoms with Crippen LogP contribution >= 0.6 is 12.2 Å². The molecule has 2 N–H and O–H groups in total. The predicted octanol–water partition coefficient (Wildman–Crippen LogP) is 2.45. The maximum Gasteiger partial charge on any atom is 0.417 e. The average Bonchev–Trinajstić information content (AvgIpc) is 2.34. The summed E-state index contributed by atoms with van der Waals surface area (Å²) < 4.78 is 38.5. The molecule has 0 radical (unpaired) electrons. The smallest absolute Gasteiger partial charge is 0.392 e. The molecule has 0 spiro atoms. The Balaban J connectivity index is 3.15. The number of benzene rings is 1. The summed E-state index contributed by atoms with van der Waals surface area (Å²) in [6, 6.07) is 4.65. The fourth-order valence-corrected chi connectivity index (χ4v) is 1.76. The molecule has 0 fully saturated rings. The molecule has 1 aromatic carbocycles. The third kappa shape index (κ3) is 3.92. The summed E-state index contributed by atoms with van der Waals surface area (Å²) in [5, 5.41) is 0. The largest absolute Gasteiger partial charge is 0.417 e. The van der Waals surface area contributed by atoms with Crippen molar-refractivity contribution >= 4 is 23.1 Å². The van der Waals surface area contributed by atoms with Crippen molar-refractivity contribution in [3.05, 3.63) is 35.4 Å². The highest BCUT2D eigenvalue weighted by Crippen LogP contribution is 2.32. The van der Waals surface area contributed by atoms with Crippen LogP contribution in [-0.2, 0) is 6.18 Å². The van der Waals surface area contributed by atoms with E-state index in [0.717, 1.165) is 12.1 Å². The van der Waals surface area contributed by atoms with Crippen LogP contribution in [0, 0.1) is 0 Å². The first-order valence-electron chi connectivity index (χ1n) is 5.51. The minimum atomic E-state index is -4.57. The van der Waals surface area contributed by atoms with Crippen LogP contribution in [0.2, 0.25) is 0 Å². The van der Waals surface area contributed by atoms with Gasteiger partial charge in [-0.2, -0.15) is 13.2 Å². The number of alkyl halides is 3. The molecule has 0 atom stereocenters. The molecule has 0 aliphatic rings. The number of hydrogen-bond donors (Lipinski definition) is 1. The molecule has 1 rings (SSSR count). The van der Waals surface area contributed by atoms with Gasteiger partial charge in [-0.1, -0.05) is 24.4 Å². The van der Waals surface area contributed by atoms with Gasteiger partial charge in [-0.15, -0.1) is 0 Å². The molecule has 7 heteroatoms. The van der Waals surface area contributed by atoms with Gasteiger partial charge in [-0.05, 0) is 19.1 Å². The Morgan fingerprint density at radius 3 is 2.42 bits per heavy atom. The number of amides is 1. The van der Waals surface area contributed by atoms with E-state index in [9.17, 15) is 18.0 Å². The second-order valence-electron chi connectivity index (χ2n) is 3.83. The van der Waals surface area contributed by atoms with Crippen LogP contribution in [0.3, 0.4) is 0 Å². The van der Waals surface area contributed by atoms with Crippen molar-refractivity contribution < 1.29 is 18.0 Å². The number of hydrogen-bond acceptors (Lipinski definition) is 2. The minimum Gasteiger partial charge on any atom is -0.392 e. The van der Waals surface area contributed by atoms with Gasteiger partial charge in [0.15, 0.2) is 0 Å². The number of thiocarbonyl (C=S) groups is 1. The quantitative estimate of drug-likeness (QED) is 0.866. The van der Waals surface area contributed by atoms with Crippen molar-refractivity contribution in [3.63, 3.8) is 0 Å². The van der Waals surface area contributed by atoms with E-state index >= 15 is 0 Å². The summed E-state index contributed by atoms with van der Waals surface area (Å²) in [5.41, 5.74) is 3.97. The normalized spacial score (nSPS) is 11.2. The van der Waals surface area contributed by atoms with Gasteiger partial charge < -0.3 is 10.6 Å². The van der Waals surface area contributed by atoms with Crippen LogP contribution in [0.5, 0.6) is 0 Å². The van der Waals surface area contributed by atoms with Crippen molar-refractivity contribution in [3.8, 4) is 0 Å². The van der Waals surface area contributed by atoms with Crippen LogP contribution in [-0.4, -0.2) is 28.9 Å². The van der Waals surface area contributed by atoms with Crippen molar-refractivity contribution in [2.75, 3.05) is 13.1 Å². The Morgan fingerprint density at radius 2 is 1.95 bits per heavy atom. The van der Waals surface area contributed by atoms with Crippen molar-refractivity contribution in [1.29, 1.82) is 0 Å². The van der Waals surface area contributed by atoms with E-state index in [1.807, 2.05) is 0 Å². The first kappa shape index (κ1) is 15.4. The minimum absolute atomic E-state index is 0.0448. The number of rotatable bonds is 4. The number of likely N-dealkylation sites (N-methyl/N-ethyl adjacent to an activating group) is 1. The molecule has 0 saturated heterocycles. The molecule has 0 saturated carbocycles. The molecule has 0 heterocycles. The lowest BCUT2D eigenvalue weighted by Gasteiger charge is -2.22. The topological polar surface area (TPSA) is 46.3 Å². The molecular formula is C12H13F3N2OS. The Bertz CT molecular complexity index is 488. The molecular weight excluding hydrogens is 277 g/mol. The molecule has 3 nitrogen and oxygen atoms in total. The predicted molar refractivity (Wildman–Crippen MR) is 69.8 cm³/mol. The molecule has 0 aliphatic heterocycles. The van der Waals surface area contributed by atoms with E-state index in [-0.39, 0.29) is 18.1 Å².